The predicted molar refractivity (Wildman–Crippen MR) is 78.2 cm³/mol. The maximum atomic E-state index is 12.7. The summed E-state index contributed by atoms with van der Waals surface area (Å²) in [5.74, 6) is -1.46. The molecule has 0 spiro atoms. The van der Waals surface area contributed by atoms with Gasteiger partial charge in [0.15, 0.2) is 11.9 Å². The van der Waals surface area contributed by atoms with E-state index in [9.17, 15) is 14.4 Å². The lowest BCUT2D eigenvalue weighted by Crippen LogP contribution is -2.48. The lowest BCUT2D eigenvalue weighted by Gasteiger charge is -2.30. The number of hydrogen-bond donors (Lipinski definition) is 2. The number of amides is 1. The van der Waals surface area contributed by atoms with Crippen molar-refractivity contribution in [3.63, 3.8) is 0 Å². The first-order valence-electron chi connectivity index (χ1n) is 7.22. The van der Waals surface area contributed by atoms with Crippen molar-refractivity contribution in [3.05, 3.63) is 22.5 Å². The highest BCUT2D eigenvalue weighted by atomic mass is 16.5. The van der Waals surface area contributed by atoms with Crippen LogP contribution in [-0.4, -0.2) is 58.5 Å². The third kappa shape index (κ3) is 2.89. The Morgan fingerprint density at radius 2 is 2.09 bits per heavy atom. The van der Waals surface area contributed by atoms with Crippen molar-refractivity contribution in [2.75, 3.05) is 19.7 Å². The van der Waals surface area contributed by atoms with Gasteiger partial charge in [-0.25, -0.2) is 4.79 Å². The molecule has 2 heterocycles. The van der Waals surface area contributed by atoms with Gasteiger partial charge in [0.1, 0.15) is 5.69 Å². The molecule has 7 heteroatoms. The number of ether oxygens (including phenoxy) is 1. The second-order valence-corrected chi connectivity index (χ2v) is 5.34. The smallest absolute Gasteiger partial charge is 0.334 e. The van der Waals surface area contributed by atoms with Gasteiger partial charge in [-0.3, -0.25) is 9.59 Å². The Morgan fingerprint density at radius 3 is 2.64 bits per heavy atom. The van der Waals surface area contributed by atoms with Gasteiger partial charge in [0.25, 0.3) is 5.91 Å². The Kier molecular flexibility index (Phi) is 4.65. The molecule has 0 saturated carbocycles. The van der Waals surface area contributed by atoms with Gasteiger partial charge in [-0.05, 0) is 25.8 Å². The molecule has 1 aliphatic rings. The van der Waals surface area contributed by atoms with Crippen molar-refractivity contribution >= 4 is 17.7 Å². The molecule has 0 radical (unpaired) electrons. The lowest BCUT2D eigenvalue weighted by atomic mass is 10.0. The van der Waals surface area contributed by atoms with Crippen LogP contribution in [0.5, 0.6) is 0 Å². The second-order valence-electron chi connectivity index (χ2n) is 5.34. The molecule has 1 saturated heterocycles. The van der Waals surface area contributed by atoms with Crippen molar-refractivity contribution in [2.24, 2.45) is 0 Å². The highest BCUT2D eigenvalue weighted by Gasteiger charge is 2.32. The summed E-state index contributed by atoms with van der Waals surface area (Å²) in [4.78, 5) is 39.9. The standard InChI is InChI=1S/C15H20N2O5/c1-4-10-12(9(3)18)8(2)16-13(10)14(19)17-5-6-22-11(7-17)15(20)21/h11,16H,4-7H2,1-3H3,(H,20,21). The van der Waals surface area contributed by atoms with E-state index in [1.807, 2.05) is 6.92 Å². The van der Waals surface area contributed by atoms with Gasteiger partial charge < -0.3 is 19.7 Å². The molecule has 0 aliphatic carbocycles. The summed E-state index contributed by atoms with van der Waals surface area (Å²) in [7, 11) is 0. The fraction of sp³-hybridized carbons (Fsp3) is 0.533. The third-order valence-electron chi connectivity index (χ3n) is 3.84. The van der Waals surface area contributed by atoms with E-state index < -0.39 is 12.1 Å². The number of aromatic nitrogens is 1. The van der Waals surface area contributed by atoms with E-state index in [4.69, 9.17) is 9.84 Å². The molecule has 1 amide bonds. The lowest BCUT2D eigenvalue weighted by molar-refractivity contribution is -0.154. The van der Waals surface area contributed by atoms with Crippen LogP contribution in [0.3, 0.4) is 0 Å². The molecule has 1 unspecified atom stereocenters. The van der Waals surface area contributed by atoms with Crippen molar-refractivity contribution in [1.29, 1.82) is 0 Å². The fourth-order valence-electron chi connectivity index (χ4n) is 2.83. The Hall–Kier alpha value is -2.15. The molecule has 1 aliphatic heterocycles. The van der Waals surface area contributed by atoms with Crippen LogP contribution in [0.1, 0.15) is 46.0 Å². The summed E-state index contributed by atoms with van der Waals surface area (Å²) in [6.45, 7) is 5.63. The Bertz CT molecular complexity index is 620. The zero-order chi connectivity index (χ0) is 16.4. The monoisotopic (exact) mass is 308 g/mol. The molecule has 1 fully saturated rings. The number of ketones is 1. The summed E-state index contributed by atoms with van der Waals surface area (Å²) >= 11 is 0. The van der Waals surface area contributed by atoms with Crippen molar-refractivity contribution < 1.29 is 24.2 Å². The highest BCUT2D eigenvalue weighted by molar-refractivity contribution is 6.02. The number of nitrogens with zero attached hydrogens (tertiary/aromatic N) is 1. The molecular formula is C15H20N2O5. The first kappa shape index (κ1) is 16.2. The van der Waals surface area contributed by atoms with E-state index in [1.165, 1.54) is 11.8 Å². The Labute approximate surface area is 128 Å². The average Bonchev–Trinajstić information content (AvgIpc) is 2.83. The highest BCUT2D eigenvalue weighted by Crippen LogP contribution is 2.22. The summed E-state index contributed by atoms with van der Waals surface area (Å²) < 4.78 is 5.12. The van der Waals surface area contributed by atoms with E-state index in [0.717, 1.165) is 0 Å². The van der Waals surface area contributed by atoms with E-state index in [1.54, 1.807) is 6.92 Å². The van der Waals surface area contributed by atoms with E-state index >= 15 is 0 Å². The number of hydrogen-bond acceptors (Lipinski definition) is 4. The van der Waals surface area contributed by atoms with Crippen LogP contribution in [0, 0.1) is 6.92 Å². The van der Waals surface area contributed by atoms with E-state index in [0.29, 0.717) is 35.5 Å². The normalized spacial score (nSPS) is 18.3. The number of aryl methyl sites for hydroxylation is 1. The van der Waals surface area contributed by atoms with Crippen LogP contribution in [-0.2, 0) is 16.0 Å². The topological polar surface area (TPSA) is 99.7 Å². The number of carbonyl (C=O) groups excluding carboxylic acids is 2. The molecule has 2 N–H and O–H groups in total. The average molecular weight is 308 g/mol. The van der Waals surface area contributed by atoms with Crippen LogP contribution in [0.25, 0.3) is 0 Å². The van der Waals surface area contributed by atoms with Gasteiger partial charge in [0, 0.05) is 17.8 Å². The molecule has 1 aromatic heterocycles. The molecule has 120 valence electrons. The summed E-state index contributed by atoms with van der Waals surface area (Å²) in [6, 6.07) is 0. The first-order valence-corrected chi connectivity index (χ1v) is 7.22. The van der Waals surface area contributed by atoms with Crippen LogP contribution >= 0.6 is 0 Å². The molecule has 22 heavy (non-hydrogen) atoms. The summed E-state index contributed by atoms with van der Waals surface area (Å²) in [5, 5.41) is 9.01. The molecule has 0 aromatic carbocycles. The SMILES string of the molecule is CCc1c(C(=O)N2CCOC(C(=O)O)C2)[nH]c(C)c1C(C)=O. The van der Waals surface area contributed by atoms with E-state index in [-0.39, 0.29) is 24.8 Å². The van der Waals surface area contributed by atoms with Crippen LogP contribution in [0.4, 0.5) is 0 Å². The van der Waals surface area contributed by atoms with Gasteiger partial charge in [-0.2, -0.15) is 0 Å². The number of H-pyrrole nitrogens is 1. The molecular weight excluding hydrogens is 288 g/mol. The summed E-state index contributed by atoms with van der Waals surface area (Å²) in [5.41, 5.74) is 2.27. The Balaban J connectivity index is 2.31. The Morgan fingerprint density at radius 1 is 1.41 bits per heavy atom. The molecule has 2 rings (SSSR count). The quantitative estimate of drug-likeness (QED) is 0.809. The minimum Gasteiger partial charge on any atom is -0.479 e. The summed E-state index contributed by atoms with van der Waals surface area (Å²) in [6.07, 6.45) is -0.460. The molecule has 0 bridgehead atoms. The number of nitrogens with one attached hydrogen (secondary N) is 1. The maximum absolute atomic E-state index is 12.7. The molecule has 1 atom stereocenters. The number of carboxylic acids is 1. The van der Waals surface area contributed by atoms with Crippen molar-refractivity contribution in [2.45, 2.75) is 33.3 Å². The maximum Gasteiger partial charge on any atom is 0.334 e. The van der Waals surface area contributed by atoms with Crippen molar-refractivity contribution in [3.8, 4) is 0 Å². The third-order valence-corrected chi connectivity index (χ3v) is 3.84. The number of rotatable bonds is 4. The number of morpholine rings is 1. The van der Waals surface area contributed by atoms with Gasteiger partial charge in [0.05, 0.1) is 13.2 Å². The largest absolute Gasteiger partial charge is 0.479 e. The van der Waals surface area contributed by atoms with Crippen LogP contribution in [0.15, 0.2) is 0 Å². The van der Waals surface area contributed by atoms with Gasteiger partial charge in [-0.1, -0.05) is 6.92 Å². The van der Waals surface area contributed by atoms with Gasteiger partial charge >= 0.3 is 5.97 Å². The number of aromatic amines is 1. The fourth-order valence-corrected chi connectivity index (χ4v) is 2.83. The van der Waals surface area contributed by atoms with Crippen molar-refractivity contribution in [1.82, 2.24) is 9.88 Å². The van der Waals surface area contributed by atoms with Crippen LogP contribution < -0.4 is 0 Å². The second kappa shape index (κ2) is 6.31. The first-order chi connectivity index (χ1) is 10.4. The zero-order valence-electron chi connectivity index (χ0n) is 12.9. The number of carboxylic acid groups (broad SMARTS) is 1. The predicted octanol–water partition coefficient (Wildman–Crippen LogP) is 1.01. The van der Waals surface area contributed by atoms with Gasteiger partial charge in [-0.15, -0.1) is 0 Å². The van der Waals surface area contributed by atoms with Gasteiger partial charge in [0.2, 0.25) is 0 Å². The number of carbonyl (C=O) groups is 3. The minimum absolute atomic E-state index is 0.00476. The van der Waals surface area contributed by atoms with E-state index in [2.05, 4.69) is 4.98 Å². The number of aliphatic carboxylic acids is 1. The minimum atomic E-state index is -1.08. The molecule has 7 nitrogen and oxygen atoms in total. The number of Topliss-reactive ketones (excluding diaryl/α,β-unsaturated/α-hetero) is 1. The molecule has 1 aromatic rings. The van der Waals surface area contributed by atoms with Crippen LogP contribution in [0.2, 0.25) is 0 Å². The zero-order valence-corrected chi connectivity index (χ0v) is 12.9.